The van der Waals surface area contributed by atoms with Gasteiger partial charge in [0.15, 0.2) is 0 Å². The third-order valence-corrected chi connectivity index (χ3v) is 4.00. The molecule has 0 spiro atoms. The molecule has 0 amide bonds. The molecule has 0 saturated carbocycles. The molecule has 90 valence electrons. The molecule has 0 aliphatic carbocycles. The second-order valence-electron chi connectivity index (χ2n) is 5.28. The average Bonchev–Trinajstić information content (AvgIpc) is 2.67. The summed E-state index contributed by atoms with van der Waals surface area (Å²) < 4.78 is 5.34. The van der Waals surface area contributed by atoms with E-state index < -0.39 is 0 Å². The molecule has 1 aromatic rings. The molecule has 1 fully saturated rings. The van der Waals surface area contributed by atoms with E-state index in [2.05, 4.69) is 31.1 Å². The molecule has 0 aromatic carbocycles. The molecule has 1 saturated heterocycles. The molecule has 2 rings (SSSR count). The molecule has 0 bridgehead atoms. The largest absolute Gasteiger partial charge is 0.379 e. The van der Waals surface area contributed by atoms with Crippen molar-refractivity contribution in [1.82, 2.24) is 9.88 Å². The van der Waals surface area contributed by atoms with Crippen molar-refractivity contribution in [3.63, 3.8) is 0 Å². The monoisotopic (exact) mass is 240 g/mol. The number of thiazole rings is 1. The first-order valence-corrected chi connectivity index (χ1v) is 6.68. The van der Waals surface area contributed by atoms with E-state index in [-0.39, 0.29) is 5.41 Å². The van der Waals surface area contributed by atoms with Crippen LogP contribution < -0.4 is 0 Å². The maximum Gasteiger partial charge on any atom is 0.0982 e. The van der Waals surface area contributed by atoms with Crippen molar-refractivity contribution in [3.8, 4) is 0 Å². The maximum absolute atomic E-state index is 5.34. The topological polar surface area (TPSA) is 25.4 Å². The van der Waals surface area contributed by atoms with E-state index >= 15 is 0 Å². The quantitative estimate of drug-likeness (QED) is 0.793. The summed E-state index contributed by atoms with van der Waals surface area (Å²) in [7, 11) is 0. The minimum absolute atomic E-state index is 0.175. The minimum Gasteiger partial charge on any atom is -0.379 e. The van der Waals surface area contributed by atoms with Gasteiger partial charge in [-0.3, -0.25) is 4.90 Å². The predicted molar refractivity (Wildman–Crippen MR) is 66.9 cm³/mol. The Kier molecular flexibility index (Phi) is 3.62. The van der Waals surface area contributed by atoms with Gasteiger partial charge >= 0.3 is 0 Å². The molecular weight excluding hydrogens is 220 g/mol. The van der Waals surface area contributed by atoms with Crippen LogP contribution in [-0.2, 0) is 16.7 Å². The third kappa shape index (κ3) is 3.03. The van der Waals surface area contributed by atoms with Gasteiger partial charge in [0.25, 0.3) is 0 Å². The maximum atomic E-state index is 5.34. The van der Waals surface area contributed by atoms with Crippen molar-refractivity contribution < 1.29 is 4.74 Å². The fraction of sp³-hybridized carbons (Fsp3) is 0.750. The summed E-state index contributed by atoms with van der Waals surface area (Å²) in [6.07, 6.45) is 0. The lowest BCUT2D eigenvalue weighted by molar-refractivity contribution is 0.0337. The number of ether oxygens (including phenoxy) is 1. The van der Waals surface area contributed by atoms with E-state index in [1.807, 2.05) is 0 Å². The van der Waals surface area contributed by atoms with Crippen molar-refractivity contribution >= 4 is 11.3 Å². The summed E-state index contributed by atoms with van der Waals surface area (Å²) in [5, 5.41) is 3.42. The Labute approximate surface area is 101 Å². The molecule has 3 nitrogen and oxygen atoms in total. The van der Waals surface area contributed by atoms with Gasteiger partial charge in [-0.1, -0.05) is 20.8 Å². The Morgan fingerprint density at radius 1 is 1.38 bits per heavy atom. The third-order valence-electron chi connectivity index (χ3n) is 2.68. The van der Waals surface area contributed by atoms with Crippen molar-refractivity contribution in [2.24, 2.45) is 0 Å². The van der Waals surface area contributed by atoms with Gasteiger partial charge in [-0.05, 0) is 0 Å². The lowest BCUT2D eigenvalue weighted by Gasteiger charge is -2.25. The minimum atomic E-state index is 0.175. The number of rotatable bonds is 2. The highest BCUT2D eigenvalue weighted by Crippen LogP contribution is 2.25. The van der Waals surface area contributed by atoms with Crippen LogP contribution >= 0.6 is 11.3 Å². The van der Waals surface area contributed by atoms with E-state index in [1.54, 1.807) is 11.3 Å². The number of hydrogen-bond acceptors (Lipinski definition) is 4. The molecule has 1 aliphatic rings. The highest BCUT2D eigenvalue weighted by Gasteiger charge is 2.19. The van der Waals surface area contributed by atoms with Gasteiger partial charge in [0.2, 0.25) is 0 Å². The summed E-state index contributed by atoms with van der Waals surface area (Å²) in [4.78, 5) is 7.12. The number of morpholine rings is 1. The first-order chi connectivity index (χ1) is 7.55. The summed E-state index contributed by atoms with van der Waals surface area (Å²) in [6, 6.07) is 0. The van der Waals surface area contributed by atoms with Crippen LogP contribution in [0.1, 0.15) is 31.5 Å². The number of hydrogen-bond donors (Lipinski definition) is 0. The molecule has 4 heteroatoms. The van der Waals surface area contributed by atoms with Gasteiger partial charge in [-0.2, -0.15) is 0 Å². The first-order valence-electron chi connectivity index (χ1n) is 5.81. The summed E-state index contributed by atoms with van der Waals surface area (Å²) >= 11 is 1.78. The molecule has 0 N–H and O–H groups in total. The summed E-state index contributed by atoms with van der Waals surface area (Å²) in [6.45, 7) is 11.4. The fourth-order valence-electron chi connectivity index (χ4n) is 1.71. The van der Waals surface area contributed by atoms with E-state index in [4.69, 9.17) is 9.72 Å². The van der Waals surface area contributed by atoms with Crippen LogP contribution in [-0.4, -0.2) is 36.2 Å². The van der Waals surface area contributed by atoms with Gasteiger partial charge in [0.05, 0.1) is 23.9 Å². The zero-order valence-electron chi connectivity index (χ0n) is 10.3. The second-order valence-corrected chi connectivity index (χ2v) is 6.14. The Hall–Kier alpha value is -0.450. The Bertz CT molecular complexity index is 337. The molecular formula is C12H20N2OS. The normalized spacial score (nSPS) is 18.9. The average molecular weight is 240 g/mol. The van der Waals surface area contributed by atoms with E-state index in [1.165, 1.54) is 10.7 Å². The van der Waals surface area contributed by atoms with Crippen LogP contribution in [0.4, 0.5) is 0 Å². The zero-order valence-corrected chi connectivity index (χ0v) is 11.1. The van der Waals surface area contributed by atoms with Crippen molar-refractivity contribution in [3.05, 3.63) is 16.1 Å². The highest BCUT2D eigenvalue weighted by molar-refractivity contribution is 7.09. The molecule has 1 aliphatic heterocycles. The van der Waals surface area contributed by atoms with Crippen LogP contribution in [0.5, 0.6) is 0 Å². The summed E-state index contributed by atoms with van der Waals surface area (Å²) in [5.41, 5.74) is 1.38. The van der Waals surface area contributed by atoms with Gasteiger partial charge in [-0.15, -0.1) is 11.3 Å². The van der Waals surface area contributed by atoms with E-state index in [0.717, 1.165) is 32.8 Å². The fourth-order valence-corrected chi connectivity index (χ4v) is 2.61. The molecule has 0 atom stereocenters. The van der Waals surface area contributed by atoms with Crippen molar-refractivity contribution in [2.45, 2.75) is 32.7 Å². The highest BCUT2D eigenvalue weighted by atomic mass is 32.1. The Balaban J connectivity index is 1.97. The van der Waals surface area contributed by atoms with E-state index in [0.29, 0.717) is 0 Å². The second kappa shape index (κ2) is 4.82. The summed E-state index contributed by atoms with van der Waals surface area (Å²) in [5.74, 6) is 0. The number of nitrogens with zero attached hydrogens (tertiary/aromatic N) is 2. The van der Waals surface area contributed by atoms with Crippen LogP contribution in [0.3, 0.4) is 0 Å². The van der Waals surface area contributed by atoms with Crippen LogP contribution in [0.2, 0.25) is 0 Å². The Morgan fingerprint density at radius 2 is 2.06 bits per heavy atom. The van der Waals surface area contributed by atoms with E-state index in [9.17, 15) is 0 Å². The molecule has 0 unspecified atom stereocenters. The Morgan fingerprint density at radius 3 is 2.62 bits per heavy atom. The van der Waals surface area contributed by atoms with Gasteiger partial charge in [0, 0.05) is 30.4 Å². The molecule has 0 radical (unpaired) electrons. The van der Waals surface area contributed by atoms with Crippen LogP contribution in [0.25, 0.3) is 0 Å². The predicted octanol–water partition coefficient (Wildman–Crippen LogP) is 2.27. The molecule has 2 heterocycles. The van der Waals surface area contributed by atoms with Gasteiger partial charge in [0.1, 0.15) is 0 Å². The standard InChI is InChI=1S/C12H20N2OS/c1-12(2,3)11-13-10(9-16-11)8-14-4-6-15-7-5-14/h9H,4-8H2,1-3H3. The first kappa shape index (κ1) is 12.0. The molecule has 1 aromatic heterocycles. The zero-order chi connectivity index (χ0) is 11.6. The lowest BCUT2D eigenvalue weighted by atomic mass is 9.98. The van der Waals surface area contributed by atoms with Gasteiger partial charge in [-0.25, -0.2) is 4.98 Å². The van der Waals surface area contributed by atoms with Gasteiger partial charge < -0.3 is 4.74 Å². The van der Waals surface area contributed by atoms with Crippen LogP contribution in [0.15, 0.2) is 5.38 Å². The SMILES string of the molecule is CC(C)(C)c1nc(CN2CCOCC2)cs1. The number of aromatic nitrogens is 1. The lowest BCUT2D eigenvalue weighted by Crippen LogP contribution is -2.35. The molecule has 16 heavy (non-hydrogen) atoms. The van der Waals surface area contributed by atoms with Crippen LogP contribution in [0, 0.1) is 0 Å². The van der Waals surface area contributed by atoms with Crippen molar-refractivity contribution in [1.29, 1.82) is 0 Å². The van der Waals surface area contributed by atoms with Crippen molar-refractivity contribution in [2.75, 3.05) is 26.3 Å². The smallest absolute Gasteiger partial charge is 0.0982 e.